The number of hydrogen-bond donors (Lipinski definition) is 3. The zero-order chi connectivity index (χ0) is 15.4. The predicted octanol–water partition coefficient (Wildman–Crippen LogP) is 1.48. The van der Waals surface area contributed by atoms with Crippen LogP contribution in [0.5, 0.6) is 0 Å². The Morgan fingerprint density at radius 2 is 2.05 bits per heavy atom. The second-order valence-corrected chi connectivity index (χ2v) is 5.08. The number of aromatic nitrogens is 2. The van der Waals surface area contributed by atoms with Crippen molar-refractivity contribution >= 4 is 11.6 Å². The van der Waals surface area contributed by atoms with E-state index in [1.807, 2.05) is 13.8 Å². The lowest BCUT2D eigenvalue weighted by Crippen LogP contribution is -2.40. The fourth-order valence-electron chi connectivity index (χ4n) is 1.97. The van der Waals surface area contributed by atoms with Crippen molar-refractivity contribution in [2.24, 2.45) is 11.7 Å². The molecule has 2 rings (SSSR count). The molecule has 2 aromatic rings. The van der Waals surface area contributed by atoms with Gasteiger partial charge in [0, 0.05) is 18.1 Å². The molecule has 0 bridgehead atoms. The Bertz CT molecular complexity index is 657. The van der Waals surface area contributed by atoms with Crippen molar-refractivity contribution in [1.29, 1.82) is 0 Å². The minimum atomic E-state index is -0.526. The summed E-state index contributed by atoms with van der Waals surface area (Å²) in [4.78, 5) is 26.1. The van der Waals surface area contributed by atoms with E-state index in [1.54, 1.807) is 36.7 Å². The summed E-state index contributed by atoms with van der Waals surface area (Å²) in [5.74, 6) is -0.0707. The summed E-state index contributed by atoms with van der Waals surface area (Å²) in [6.07, 6.45) is 4.07. The van der Waals surface area contributed by atoms with E-state index in [2.05, 4.69) is 10.3 Å². The minimum Gasteiger partial charge on any atom is -0.325 e. The summed E-state index contributed by atoms with van der Waals surface area (Å²) in [5, 5.41) is 2.78. The van der Waals surface area contributed by atoms with Gasteiger partial charge in [-0.2, -0.15) is 0 Å². The number of nitrogens with two attached hydrogens (primary N) is 1. The largest absolute Gasteiger partial charge is 0.330 e. The van der Waals surface area contributed by atoms with Gasteiger partial charge in [-0.15, -0.1) is 0 Å². The highest BCUT2D eigenvalue weighted by Gasteiger charge is 2.19. The van der Waals surface area contributed by atoms with E-state index in [0.29, 0.717) is 5.69 Å². The second-order valence-electron chi connectivity index (χ2n) is 5.08. The Morgan fingerprint density at radius 1 is 1.38 bits per heavy atom. The molecule has 1 aromatic heterocycles. The molecule has 21 heavy (non-hydrogen) atoms. The van der Waals surface area contributed by atoms with Gasteiger partial charge in [0.05, 0.1) is 11.7 Å². The first-order valence-corrected chi connectivity index (χ1v) is 6.96. The molecule has 0 aliphatic rings. The molecule has 1 unspecified atom stereocenters. The number of H-pyrrole nitrogens is 1. The van der Waals surface area contributed by atoms with E-state index in [1.165, 1.54) is 4.57 Å². The van der Waals surface area contributed by atoms with E-state index in [4.69, 9.17) is 5.73 Å². The fraction of sp³-hybridized carbons (Fsp3) is 0.333. The molecule has 1 aromatic carbocycles. The minimum absolute atomic E-state index is 0.128. The van der Waals surface area contributed by atoms with Gasteiger partial charge in [-0.1, -0.05) is 20.3 Å². The number of carbonyl (C=O) groups excluding carboxylic acids is 1. The molecule has 0 spiro atoms. The zero-order valence-corrected chi connectivity index (χ0v) is 12.2. The maximum atomic E-state index is 12.0. The van der Waals surface area contributed by atoms with Crippen molar-refractivity contribution < 1.29 is 4.79 Å². The van der Waals surface area contributed by atoms with E-state index >= 15 is 0 Å². The first-order chi connectivity index (χ1) is 10.0. The van der Waals surface area contributed by atoms with Gasteiger partial charge < -0.3 is 16.0 Å². The maximum Gasteiger partial charge on any atom is 0.330 e. The molecule has 1 amide bonds. The van der Waals surface area contributed by atoms with Crippen LogP contribution in [0.25, 0.3) is 5.69 Å². The predicted molar refractivity (Wildman–Crippen MR) is 82.4 cm³/mol. The third-order valence-corrected chi connectivity index (χ3v) is 3.62. The number of hydrogen-bond acceptors (Lipinski definition) is 3. The number of benzene rings is 1. The number of amides is 1. The van der Waals surface area contributed by atoms with Crippen LogP contribution in [0.1, 0.15) is 20.3 Å². The summed E-state index contributed by atoms with van der Waals surface area (Å²) in [5.41, 5.74) is 7.07. The van der Waals surface area contributed by atoms with Gasteiger partial charge in [0.25, 0.3) is 0 Å². The topological polar surface area (TPSA) is 92.9 Å². The Balaban J connectivity index is 2.08. The number of nitrogens with zero attached hydrogens (tertiary/aromatic N) is 1. The summed E-state index contributed by atoms with van der Waals surface area (Å²) in [6.45, 7) is 3.95. The summed E-state index contributed by atoms with van der Waals surface area (Å²) in [6, 6.07) is 6.49. The summed E-state index contributed by atoms with van der Waals surface area (Å²) < 4.78 is 1.48. The highest BCUT2D eigenvalue weighted by molar-refractivity contribution is 5.94. The number of rotatable bonds is 5. The van der Waals surface area contributed by atoms with Crippen molar-refractivity contribution in [3.63, 3.8) is 0 Å². The quantitative estimate of drug-likeness (QED) is 0.778. The third-order valence-electron chi connectivity index (χ3n) is 3.62. The standard InChI is InChI=1S/C15H20N4O2/c1-3-10(2)13(16)14(20)18-11-4-6-12(7-5-11)19-9-8-17-15(19)21/h4-10,13H,3,16H2,1-2H3,(H,17,21)(H,18,20)/t10?,13-/m0/s1. The molecule has 0 aliphatic heterocycles. The highest BCUT2D eigenvalue weighted by atomic mass is 16.2. The van der Waals surface area contributed by atoms with E-state index in [9.17, 15) is 9.59 Å². The van der Waals surface area contributed by atoms with Gasteiger partial charge >= 0.3 is 5.69 Å². The van der Waals surface area contributed by atoms with Crippen LogP contribution < -0.4 is 16.7 Å². The van der Waals surface area contributed by atoms with Gasteiger partial charge in [0.1, 0.15) is 0 Å². The number of carbonyl (C=O) groups is 1. The Labute approximate surface area is 123 Å². The maximum absolute atomic E-state index is 12.0. The lowest BCUT2D eigenvalue weighted by atomic mass is 9.99. The van der Waals surface area contributed by atoms with Crippen molar-refractivity contribution in [3.05, 3.63) is 47.1 Å². The van der Waals surface area contributed by atoms with Crippen LogP contribution in [0.3, 0.4) is 0 Å². The second kappa shape index (κ2) is 6.41. The van der Waals surface area contributed by atoms with Crippen molar-refractivity contribution in [2.75, 3.05) is 5.32 Å². The van der Waals surface area contributed by atoms with Crippen LogP contribution in [0, 0.1) is 5.92 Å². The molecular weight excluding hydrogens is 268 g/mol. The Morgan fingerprint density at radius 3 is 2.57 bits per heavy atom. The van der Waals surface area contributed by atoms with Crippen molar-refractivity contribution in [2.45, 2.75) is 26.3 Å². The van der Waals surface area contributed by atoms with Crippen LogP contribution >= 0.6 is 0 Å². The summed E-state index contributed by atoms with van der Waals surface area (Å²) >= 11 is 0. The fourth-order valence-corrected chi connectivity index (χ4v) is 1.97. The molecule has 0 aliphatic carbocycles. The number of anilines is 1. The molecule has 6 heteroatoms. The third kappa shape index (κ3) is 3.41. The lowest BCUT2D eigenvalue weighted by molar-refractivity contribution is -0.118. The first-order valence-electron chi connectivity index (χ1n) is 6.96. The monoisotopic (exact) mass is 288 g/mol. The molecule has 0 radical (unpaired) electrons. The number of aromatic amines is 1. The molecule has 0 saturated heterocycles. The molecule has 4 N–H and O–H groups in total. The van der Waals surface area contributed by atoms with E-state index in [0.717, 1.165) is 12.1 Å². The van der Waals surface area contributed by atoms with Crippen LogP contribution in [0.15, 0.2) is 41.5 Å². The Kier molecular flexibility index (Phi) is 4.59. The first kappa shape index (κ1) is 15.1. The number of imidazole rings is 1. The van der Waals surface area contributed by atoms with Gasteiger partial charge in [0.15, 0.2) is 0 Å². The molecular formula is C15H20N4O2. The van der Waals surface area contributed by atoms with Gasteiger partial charge in [0.2, 0.25) is 5.91 Å². The Hall–Kier alpha value is -2.34. The molecule has 6 nitrogen and oxygen atoms in total. The molecule has 1 heterocycles. The van der Waals surface area contributed by atoms with Crippen LogP contribution in [-0.4, -0.2) is 21.5 Å². The summed E-state index contributed by atoms with van der Waals surface area (Å²) in [7, 11) is 0. The van der Waals surface area contributed by atoms with E-state index < -0.39 is 6.04 Å². The number of nitrogens with one attached hydrogen (secondary N) is 2. The average molecular weight is 288 g/mol. The van der Waals surface area contributed by atoms with Crippen LogP contribution in [-0.2, 0) is 4.79 Å². The highest BCUT2D eigenvalue weighted by Crippen LogP contribution is 2.13. The van der Waals surface area contributed by atoms with Crippen LogP contribution in [0.2, 0.25) is 0 Å². The average Bonchev–Trinajstić information content (AvgIpc) is 2.92. The van der Waals surface area contributed by atoms with Gasteiger partial charge in [-0.25, -0.2) is 4.79 Å². The molecule has 2 atom stereocenters. The zero-order valence-electron chi connectivity index (χ0n) is 12.2. The van der Waals surface area contributed by atoms with E-state index in [-0.39, 0.29) is 17.5 Å². The van der Waals surface area contributed by atoms with Crippen molar-refractivity contribution in [1.82, 2.24) is 9.55 Å². The normalized spacial score (nSPS) is 13.7. The molecule has 0 fully saturated rings. The van der Waals surface area contributed by atoms with Crippen LogP contribution in [0.4, 0.5) is 5.69 Å². The smallest absolute Gasteiger partial charge is 0.325 e. The van der Waals surface area contributed by atoms with Crippen molar-refractivity contribution in [3.8, 4) is 5.69 Å². The van der Waals surface area contributed by atoms with Gasteiger partial charge in [-0.3, -0.25) is 9.36 Å². The SMILES string of the molecule is CCC(C)[C@H](N)C(=O)Nc1ccc(-n2cc[nH]c2=O)cc1. The molecule has 0 saturated carbocycles. The van der Waals surface area contributed by atoms with Gasteiger partial charge in [-0.05, 0) is 30.2 Å². The molecule has 112 valence electrons. The lowest BCUT2D eigenvalue weighted by Gasteiger charge is -2.17.